The van der Waals surface area contributed by atoms with Crippen molar-refractivity contribution < 1.29 is 94.6 Å². The van der Waals surface area contributed by atoms with Gasteiger partial charge in [-0.1, -0.05) is 12.1 Å². The fourth-order valence-corrected chi connectivity index (χ4v) is 4.88. The maximum atomic E-state index is 12.9. The van der Waals surface area contributed by atoms with Gasteiger partial charge in [-0.25, -0.2) is 9.97 Å². The molecule has 4 aromatic rings. The zero-order valence-electron chi connectivity index (χ0n) is 33.9. The lowest BCUT2D eigenvalue weighted by molar-refractivity contribution is -0.170. The highest BCUT2D eigenvalue weighted by atomic mass is 16.7. The number of para-hydroxylation sites is 2. The van der Waals surface area contributed by atoms with Gasteiger partial charge in [0.05, 0.1) is 32.0 Å². The van der Waals surface area contributed by atoms with E-state index in [9.17, 15) is 38.4 Å². The van der Waals surface area contributed by atoms with Crippen LogP contribution in [0.1, 0.15) is 27.7 Å². The normalized spacial score (nSPS) is 10.8. The van der Waals surface area contributed by atoms with Gasteiger partial charge in [0.2, 0.25) is 27.2 Å². The molecule has 0 unspecified atom stereocenters. The van der Waals surface area contributed by atoms with E-state index in [4.69, 9.17) is 46.7 Å². The molecule has 2 heterocycles. The molecule has 24 nitrogen and oxygen atoms in total. The number of oxazole rings is 2. The van der Waals surface area contributed by atoms with Gasteiger partial charge >= 0.3 is 47.8 Å². The van der Waals surface area contributed by atoms with E-state index in [1.807, 2.05) is 0 Å². The Kier molecular flexibility index (Phi) is 18.4. The largest absolute Gasteiger partial charge is 0.489 e. The molecule has 2 aromatic carbocycles. The number of nitrogens with zero attached hydrogens (tertiary/aromatic N) is 4. The third-order valence-corrected chi connectivity index (χ3v) is 7.60. The SMILES string of the molecule is CC(=O)OCOC(=O)CN(CCOCCOc1cc2nc(-c3nc4ccccc4o3)oc2cc1N(CC(=O)OCOC(C)=O)CC(=O)OCOC(C)=O)CC(=O)OCOC(C)=O. The number of esters is 8. The van der Waals surface area contributed by atoms with Gasteiger partial charge in [-0.3, -0.25) is 43.3 Å². The van der Waals surface area contributed by atoms with E-state index in [2.05, 4.69) is 19.4 Å². The average molecular weight is 875 g/mol. The first-order chi connectivity index (χ1) is 29.7. The molecule has 334 valence electrons. The van der Waals surface area contributed by atoms with Crippen LogP contribution in [0.4, 0.5) is 5.69 Å². The summed E-state index contributed by atoms with van der Waals surface area (Å²) in [6.07, 6.45) is 0. The molecule has 0 fully saturated rings. The second-order valence-corrected chi connectivity index (χ2v) is 12.4. The van der Waals surface area contributed by atoms with E-state index in [0.29, 0.717) is 11.1 Å². The molecule has 0 radical (unpaired) electrons. The highest BCUT2D eigenvalue weighted by molar-refractivity contribution is 5.88. The first-order valence-corrected chi connectivity index (χ1v) is 18.3. The van der Waals surface area contributed by atoms with Crippen LogP contribution in [-0.2, 0) is 81.0 Å². The summed E-state index contributed by atoms with van der Waals surface area (Å²) in [5, 5.41) is 0. The van der Waals surface area contributed by atoms with Crippen LogP contribution < -0.4 is 9.64 Å². The van der Waals surface area contributed by atoms with Gasteiger partial charge in [-0.05, 0) is 12.1 Å². The average Bonchev–Trinajstić information content (AvgIpc) is 3.82. The van der Waals surface area contributed by atoms with Gasteiger partial charge in [0, 0.05) is 46.4 Å². The number of benzene rings is 2. The van der Waals surface area contributed by atoms with Crippen molar-refractivity contribution in [3.63, 3.8) is 0 Å². The zero-order chi connectivity index (χ0) is 45.0. The molecule has 0 N–H and O–H groups in total. The molecule has 0 atom stereocenters. The summed E-state index contributed by atoms with van der Waals surface area (Å²) >= 11 is 0. The van der Waals surface area contributed by atoms with Gasteiger partial charge in [-0.2, -0.15) is 0 Å². The number of carbonyl (C=O) groups is 8. The number of fused-ring (bicyclic) bond motifs is 2. The third kappa shape index (κ3) is 16.4. The summed E-state index contributed by atoms with van der Waals surface area (Å²) in [5.74, 6) is -6.23. The quantitative estimate of drug-likeness (QED) is 0.0393. The summed E-state index contributed by atoms with van der Waals surface area (Å²) in [7, 11) is 0. The Hall–Kier alpha value is -7.34. The molecule has 0 saturated carbocycles. The van der Waals surface area contributed by atoms with Crippen molar-refractivity contribution >= 4 is 75.6 Å². The standard InChI is InChI=1S/C38H42N4O20/c1-23(43)53-19-57-33(47)15-41(16-34(48)58-20-54-24(2)44)9-10-51-11-12-52-32-13-28-31(62-38(40-28)37-39-27-7-5-6-8-30(27)61-37)14-29(32)42(17-35(49)59-21-55-25(3)45)18-36(50)60-22-56-26(4)46/h5-8,13-14H,9-12,15-22H2,1-4H3. The molecule has 0 amide bonds. The Morgan fingerprint density at radius 1 is 0.532 bits per heavy atom. The molecule has 0 spiro atoms. The summed E-state index contributed by atoms with van der Waals surface area (Å²) in [5.41, 5.74) is 1.49. The van der Waals surface area contributed by atoms with Crippen molar-refractivity contribution in [1.29, 1.82) is 0 Å². The van der Waals surface area contributed by atoms with E-state index < -0.39 is 101 Å². The van der Waals surface area contributed by atoms with Crippen LogP contribution in [0.5, 0.6) is 5.75 Å². The van der Waals surface area contributed by atoms with Crippen LogP contribution in [0.3, 0.4) is 0 Å². The number of rotatable bonds is 25. The maximum absolute atomic E-state index is 12.9. The van der Waals surface area contributed by atoms with Gasteiger partial charge in [-0.15, -0.1) is 0 Å². The second kappa shape index (κ2) is 24.0. The fourth-order valence-electron chi connectivity index (χ4n) is 4.88. The minimum atomic E-state index is -0.937. The molecule has 0 aliphatic heterocycles. The maximum Gasteiger partial charge on any atom is 0.328 e. The summed E-state index contributed by atoms with van der Waals surface area (Å²) in [4.78, 5) is 106. The molecule has 0 aliphatic rings. The molecule has 4 rings (SSSR count). The molecule has 0 aliphatic carbocycles. The summed E-state index contributed by atoms with van der Waals surface area (Å²) in [6, 6.07) is 9.85. The molecule has 24 heteroatoms. The van der Waals surface area contributed by atoms with Gasteiger partial charge in [0.1, 0.15) is 36.5 Å². The Labute approximate surface area is 351 Å². The Balaban J connectivity index is 1.53. The highest BCUT2D eigenvalue weighted by Crippen LogP contribution is 2.36. The van der Waals surface area contributed by atoms with E-state index >= 15 is 0 Å². The van der Waals surface area contributed by atoms with Crippen LogP contribution in [0.2, 0.25) is 0 Å². The first kappa shape index (κ1) is 47.3. The number of hydrogen-bond donors (Lipinski definition) is 0. The minimum absolute atomic E-state index is 0.00848. The van der Waals surface area contributed by atoms with E-state index in [0.717, 1.165) is 27.7 Å². The molecule has 62 heavy (non-hydrogen) atoms. The lowest BCUT2D eigenvalue weighted by atomic mass is 10.2. The zero-order valence-corrected chi connectivity index (χ0v) is 33.9. The molecular formula is C38H42N4O20. The number of aromatic nitrogens is 2. The smallest absolute Gasteiger partial charge is 0.328 e. The topological polar surface area (TPSA) is 287 Å². The van der Waals surface area contributed by atoms with Crippen molar-refractivity contribution in [3.05, 3.63) is 36.4 Å². The van der Waals surface area contributed by atoms with Gasteiger partial charge in [0.25, 0.3) is 11.8 Å². The Morgan fingerprint density at radius 2 is 1.00 bits per heavy atom. The van der Waals surface area contributed by atoms with Crippen LogP contribution in [0.15, 0.2) is 45.2 Å². The first-order valence-electron chi connectivity index (χ1n) is 18.3. The predicted octanol–water partition coefficient (Wildman–Crippen LogP) is 1.40. The van der Waals surface area contributed by atoms with Crippen molar-refractivity contribution in [2.75, 3.05) is 84.6 Å². The van der Waals surface area contributed by atoms with Crippen molar-refractivity contribution in [2.45, 2.75) is 27.7 Å². The Bertz CT molecular complexity index is 2120. The van der Waals surface area contributed by atoms with Crippen LogP contribution in [0, 0.1) is 0 Å². The molecule has 0 saturated heterocycles. The van der Waals surface area contributed by atoms with Crippen molar-refractivity contribution in [3.8, 4) is 17.5 Å². The molecule has 0 bridgehead atoms. The van der Waals surface area contributed by atoms with E-state index in [1.54, 1.807) is 24.3 Å². The van der Waals surface area contributed by atoms with Gasteiger partial charge < -0.3 is 61.1 Å². The summed E-state index contributed by atoms with van der Waals surface area (Å²) in [6.45, 7) is -0.741. The lowest BCUT2D eigenvalue weighted by Gasteiger charge is -2.25. The van der Waals surface area contributed by atoms with Crippen molar-refractivity contribution in [2.24, 2.45) is 0 Å². The lowest BCUT2D eigenvalue weighted by Crippen LogP contribution is -2.38. The number of anilines is 1. The van der Waals surface area contributed by atoms with Crippen molar-refractivity contribution in [1.82, 2.24) is 14.9 Å². The van der Waals surface area contributed by atoms with E-state index in [1.165, 1.54) is 21.9 Å². The van der Waals surface area contributed by atoms with Gasteiger partial charge in [0.15, 0.2) is 11.2 Å². The second-order valence-electron chi connectivity index (χ2n) is 12.4. The van der Waals surface area contributed by atoms with Crippen LogP contribution in [-0.4, -0.2) is 142 Å². The Morgan fingerprint density at radius 3 is 1.50 bits per heavy atom. The molecular weight excluding hydrogens is 832 g/mol. The summed E-state index contributed by atoms with van der Waals surface area (Å²) < 4.78 is 61.8. The monoisotopic (exact) mass is 874 g/mol. The number of carbonyl (C=O) groups excluding carboxylic acids is 8. The number of ether oxygens (including phenoxy) is 10. The third-order valence-electron chi connectivity index (χ3n) is 7.60. The number of hydrogen-bond acceptors (Lipinski definition) is 24. The van der Waals surface area contributed by atoms with Crippen LogP contribution >= 0.6 is 0 Å². The van der Waals surface area contributed by atoms with Crippen LogP contribution in [0.25, 0.3) is 34.0 Å². The minimum Gasteiger partial charge on any atom is -0.489 e. The fraction of sp³-hybridized carbons (Fsp3) is 0.421. The van der Waals surface area contributed by atoms with E-state index in [-0.39, 0.29) is 60.7 Å². The highest BCUT2D eigenvalue weighted by Gasteiger charge is 2.25. The predicted molar refractivity (Wildman–Crippen MR) is 203 cm³/mol. The molecule has 2 aromatic heterocycles.